The van der Waals surface area contributed by atoms with Crippen molar-refractivity contribution in [1.29, 1.82) is 0 Å². The molecule has 2 aromatic heterocycles. The van der Waals surface area contributed by atoms with E-state index in [1.54, 1.807) is 0 Å². The van der Waals surface area contributed by atoms with E-state index in [-0.39, 0.29) is 18.1 Å². The van der Waals surface area contributed by atoms with E-state index in [0.717, 1.165) is 57.6 Å². The van der Waals surface area contributed by atoms with Gasteiger partial charge in [0.15, 0.2) is 0 Å². The number of aromatic nitrogens is 1. The maximum absolute atomic E-state index is 13.8. The van der Waals surface area contributed by atoms with Gasteiger partial charge in [-0.05, 0) is 54.3 Å². The minimum absolute atomic E-state index is 0.0653. The van der Waals surface area contributed by atoms with Gasteiger partial charge in [0.2, 0.25) is 11.7 Å². The molecular weight excluding hydrogens is 492 g/mol. The van der Waals surface area contributed by atoms with Crippen LogP contribution in [0, 0.1) is 0 Å². The summed E-state index contributed by atoms with van der Waals surface area (Å²) in [7, 11) is 0. The van der Waals surface area contributed by atoms with Crippen LogP contribution < -0.4 is 17.0 Å². The predicted molar refractivity (Wildman–Crippen MR) is 155 cm³/mol. The van der Waals surface area contributed by atoms with Gasteiger partial charge in [-0.25, -0.2) is 5.84 Å². The van der Waals surface area contributed by atoms with Gasteiger partial charge in [-0.3, -0.25) is 15.0 Å². The minimum atomic E-state index is -0.302. The number of nitrogens with one attached hydrogen (secondary N) is 1. The number of unbranched alkanes of at least 4 members (excludes halogenated alkanes) is 1. The fourth-order valence-electron chi connectivity index (χ4n) is 4.77. The standard InChI is InChI=1S/C31H30N4O2S/c32-15-7-8-16-35-26(21-9-3-1-4-10-21)17-23-13-14-24(18-27(23)35)30(37)28-19-25(20-29(36)34-33)31(38-28)22-11-5-2-6-12-22/h1-6,9-14,17-19H,7-8,15-16,20,32-33H2,(H,34,36). The van der Waals surface area contributed by atoms with Crippen LogP contribution in [-0.4, -0.2) is 22.8 Å². The zero-order chi connectivity index (χ0) is 26.5. The van der Waals surface area contributed by atoms with E-state index in [1.165, 1.54) is 11.3 Å². The average Bonchev–Trinajstić information content (AvgIpc) is 3.55. The number of rotatable bonds is 10. The van der Waals surface area contributed by atoms with Crippen LogP contribution in [0.1, 0.15) is 33.6 Å². The van der Waals surface area contributed by atoms with Crippen molar-refractivity contribution < 1.29 is 9.59 Å². The molecule has 0 saturated heterocycles. The van der Waals surface area contributed by atoms with Crippen LogP contribution in [0.4, 0.5) is 0 Å². The van der Waals surface area contributed by atoms with E-state index in [0.29, 0.717) is 17.0 Å². The lowest BCUT2D eigenvalue weighted by Crippen LogP contribution is -2.31. The molecule has 0 spiro atoms. The molecule has 0 fully saturated rings. The molecule has 38 heavy (non-hydrogen) atoms. The molecule has 3 aromatic carbocycles. The molecule has 0 bridgehead atoms. The Labute approximate surface area is 225 Å². The second kappa shape index (κ2) is 11.6. The second-order valence-corrected chi connectivity index (χ2v) is 10.3. The predicted octanol–water partition coefficient (Wildman–Crippen LogP) is 5.54. The SMILES string of the molecule is NCCCCn1c(-c2ccccc2)cc2ccc(C(=O)c3cc(CC(=O)NN)c(-c4ccccc4)s3)cc21. The quantitative estimate of drug-likeness (QED) is 0.0737. The van der Waals surface area contributed by atoms with Crippen molar-refractivity contribution in [2.45, 2.75) is 25.8 Å². The van der Waals surface area contributed by atoms with Gasteiger partial charge < -0.3 is 10.3 Å². The van der Waals surface area contributed by atoms with E-state index >= 15 is 0 Å². The summed E-state index contributed by atoms with van der Waals surface area (Å²) < 4.78 is 2.29. The van der Waals surface area contributed by atoms with Crippen LogP contribution in [0.2, 0.25) is 0 Å². The number of carbonyl (C=O) groups is 2. The van der Waals surface area contributed by atoms with Gasteiger partial charge in [-0.1, -0.05) is 72.8 Å². The zero-order valence-corrected chi connectivity index (χ0v) is 21.8. The van der Waals surface area contributed by atoms with Gasteiger partial charge in [-0.15, -0.1) is 11.3 Å². The van der Waals surface area contributed by atoms with Crippen molar-refractivity contribution in [2.24, 2.45) is 11.6 Å². The van der Waals surface area contributed by atoms with E-state index in [9.17, 15) is 9.59 Å². The number of thiophene rings is 1. The van der Waals surface area contributed by atoms with Gasteiger partial charge in [0.1, 0.15) is 0 Å². The van der Waals surface area contributed by atoms with Crippen molar-refractivity contribution >= 4 is 33.9 Å². The fourth-order valence-corrected chi connectivity index (χ4v) is 5.92. The number of carbonyl (C=O) groups excluding carboxylic acids is 2. The molecule has 5 N–H and O–H groups in total. The van der Waals surface area contributed by atoms with Crippen LogP contribution in [0.15, 0.2) is 91.0 Å². The molecule has 0 atom stereocenters. The maximum atomic E-state index is 13.8. The van der Waals surface area contributed by atoms with E-state index < -0.39 is 0 Å². The number of hydrogen-bond acceptors (Lipinski definition) is 5. The Morgan fingerprint density at radius 2 is 1.55 bits per heavy atom. The molecule has 0 radical (unpaired) electrons. The number of hydrazine groups is 1. The molecule has 0 unspecified atom stereocenters. The molecule has 6 nitrogen and oxygen atoms in total. The number of nitrogens with two attached hydrogens (primary N) is 2. The van der Waals surface area contributed by atoms with Crippen molar-refractivity contribution in [2.75, 3.05) is 6.54 Å². The third kappa shape index (κ3) is 5.31. The van der Waals surface area contributed by atoms with Gasteiger partial charge in [-0.2, -0.15) is 0 Å². The normalized spacial score (nSPS) is 11.1. The number of aryl methyl sites for hydroxylation is 1. The lowest BCUT2D eigenvalue weighted by atomic mass is 10.0. The highest BCUT2D eigenvalue weighted by molar-refractivity contribution is 7.17. The number of nitrogens with zero attached hydrogens (tertiary/aromatic N) is 1. The smallest absolute Gasteiger partial charge is 0.238 e. The summed E-state index contributed by atoms with van der Waals surface area (Å²) in [5.74, 6) is 4.98. The highest BCUT2D eigenvalue weighted by atomic mass is 32.1. The molecule has 192 valence electrons. The summed E-state index contributed by atoms with van der Waals surface area (Å²) in [6.07, 6.45) is 1.99. The molecule has 0 aliphatic rings. The van der Waals surface area contributed by atoms with Gasteiger partial charge in [0, 0.05) is 33.6 Å². The van der Waals surface area contributed by atoms with Crippen LogP contribution in [0.25, 0.3) is 32.6 Å². The van der Waals surface area contributed by atoms with Crippen molar-refractivity contribution in [3.8, 4) is 21.7 Å². The zero-order valence-electron chi connectivity index (χ0n) is 21.0. The molecule has 0 aliphatic carbocycles. The monoisotopic (exact) mass is 522 g/mol. The van der Waals surface area contributed by atoms with Gasteiger partial charge in [0.25, 0.3) is 0 Å². The Kier molecular flexibility index (Phi) is 7.79. The number of hydrogen-bond donors (Lipinski definition) is 3. The van der Waals surface area contributed by atoms with Crippen LogP contribution in [-0.2, 0) is 17.8 Å². The van der Waals surface area contributed by atoms with E-state index in [4.69, 9.17) is 11.6 Å². The minimum Gasteiger partial charge on any atom is -0.340 e. The Morgan fingerprint density at radius 1 is 0.842 bits per heavy atom. The lowest BCUT2D eigenvalue weighted by Gasteiger charge is -2.11. The molecule has 5 aromatic rings. The largest absolute Gasteiger partial charge is 0.340 e. The van der Waals surface area contributed by atoms with E-state index in [2.05, 4.69) is 28.2 Å². The van der Waals surface area contributed by atoms with Crippen molar-refractivity contribution in [3.63, 3.8) is 0 Å². The fraction of sp³-hybridized carbons (Fsp3) is 0.161. The number of amides is 1. The number of benzene rings is 3. The second-order valence-electron chi connectivity index (χ2n) is 9.22. The van der Waals surface area contributed by atoms with Crippen LogP contribution >= 0.6 is 11.3 Å². The van der Waals surface area contributed by atoms with Crippen LogP contribution in [0.5, 0.6) is 0 Å². The summed E-state index contributed by atoms with van der Waals surface area (Å²) in [6, 6.07) is 30.0. The first-order chi connectivity index (χ1) is 18.6. The van der Waals surface area contributed by atoms with Crippen molar-refractivity contribution in [1.82, 2.24) is 9.99 Å². The van der Waals surface area contributed by atoms with Crippen LogP contribution in [0.3, 0.4) is 0 Å². The summed E-state index contributed by atoms with van der Waals surface area (Å²) >= 11 is 1.41. The Morgan fingerprint density at radius 3 is 2.24 bits per heavy atom. The Balaban J connectivity index is 1.56. The number of fused-ring (bicyclic) bond motifs is 1. The van der Waals surface area contributed by atoms with Crippen molar-refractivity contribution in [3.05, 3.63) is 107 Å². The van der Waals surface area contributed by atoms with E-state index in [1.807, 2.05) is 72.8 Å². The summed E-state index contributed by atoms with van der Waals surface area (Å²) in [5, 5.41) is 1.09. The highest BCUT2D eigenvalue weighted by Crippen LogP contribution is 2.35. The molecule has 0 aliphatic heterocycles. The molecule has 0 saturated carbocycles. The molecule has 7 heteroatoms. The molecular formula is C31H30N4O2S. The third-order valence-corrected chi connectivity index (χ3v) is 7.88. The molecule has 2 heterocycles. The molecule has 1 amide bonds. The lowest BCUT2D eigenvalue weighted by molar-refractivity contribution is -0.120. The summed E-state index contributed by atoms with van der Waals surface area (Å²) in [6.45, 7) is 1.47. The maximum Gasteiger partial charge on any atom is 0.238 e. The first kappa shape index (κ1) is 25.6. The molecule has 5 rings (SSSR count). The first-order valence-electron chi connectivity index (χ1n) is 12.7. The van der Waals surface area contributed by atoms with Gasteiger partial charge >= 0.3 is 0 Å². The number of ketones is 1. The average molecular weight is 523 g/mol. The van der Waals surface area contributed by atoms with Gasteiger partial charge in [0.05, 0.1) is 11.3 Å². The summed E-state index contributed by atoms with van der Waals surface area (Å²) in [4.78, 5) is 27.3. The Hall–Kier alpha value is -4.04. The third-order valence-electron chi connectivity index (χ3n) is 6.65. The highest BCUT2D eigenvalue weighted by Gasteiger charge is 2.20. The Bertz CT molecular complexity index is 1570. The first-order valence-corrected chi connectivity index (χ1v) is 13.5. The topological polar surface area (TPSA) is 103 Å². The summed E-state index contributed by atoms with van der Waals surface area (Å²) in [5.41, 5.74) is 13.6.